The highest BCUT2D eigenvalue weighted by atomic mass is 79.9. The third-order valence-corrected chi connectivity index (χ3v) is 3.10. The van der Waals surface area contributed by atoms with E-state index >= 15 is 0 Å². The lowest BCUT2D eigenvalue weighted by Crippen LogP contribution is -2.12. The van der Waals surface area contributed by atoms with Crippen molar-refractivity contribution in [2.75, 3.05) is 0 Å². The molecule has 0 saturated heterocycles. The van der Waals surface area contributed by atoms with Crippen LogP contribution in [0.1, 0.15) is 30.6 Å². The molecule has 1 aromatic rings. The Hall–Kier alpha value is -0.770. The quantitative estimate of drug-likeness (QED) is 0.907. The zero-order valence-corrected chi connectivity index (χ0v) is 9.43. The monoisotopic (exact) mass is 258 g/mol. The van der Waals surface area contributed by atoms with Gasteiger partial charge < -0.3 is 9.52 Å². The molecule has 1 aliphatic carbocycles. The van der Waals surface area contributed by atoms with E-state index < -0.39 is 5.97 Å². The normalized spacial score (nSPS) is 18.1. The highest BCUT2D eigenvalue weighted by molar-refractivity contribution is 9.10. The molecule has 2 rings (SSSR count). The summed E-state index contributed by atoms with van der Waals surface area (Å²) < 4.78 is 6.18. The molecular formula is C10H11BrO3. The van der Waals surface area contributed by atoms with Crippen LogP contribution >= 0.6 is 15.9 Å². The standard InChI is InChI=1S/C10H11BrO3/c1-6-4-7(11)14-9(6)10(2-3-10)5-8(12)13/h4H,2-3,5H2,1H3,(H,12,13). The summed E-state index contributed by atoms with van der Waals surface area (Å²) in [6, 6.07) is 1.89. The first-order valence-corrected chi connectivity index (χ1v) is 5.31. The van der Waals surface area contributed by atoms with Crippen molar-refractivity contribution in [3.05, 3.63) is 22.1 Å². The summed E-state index contributed by atoms with van der Waals surface area (Å²) in [6.45, 7) is 1.95. The van der Waals surface area contributed by atoms with E-state index in [1.807, 2.05) is 13.0 Å². The molecule has 3 nitrogen and oxygen atoms in total. The molecule has 0 radical (unpaired) electrons. The van der Waals surface area contributed by atoms with Gasteiger partial charge in [-0.25, -0.2) is 0 Å². The number of hydrogen-bond acceptors (Lipinski definition) is 2. The topological polar surface area (TPSA) is 50.4 Å². The predicted molar refractivity (Wildman–Crippen MR) is 54.3 cm³/mol. The lowest BCUT2D eigenvalue weighted by molar-refractivity contribution is -0.137. The molecule has 0 amide bonds. The SMILES string of the molecule is Cc1cc(Br)oc1C1(CC(=O)O)CC1. The molecule has 1 heterocycles. The van der Waals surface area contributed by atoms with Crippen molar-refractivity contribution in [3.63, 3.8) is 0 Å². The van der Waals surface area contributed by atoms with Gasteiger partial charge in [0.25, 0.3) is 0 Å². The molecule has 1 aliphatic rings. The molecule has 0 bridgehead atoms. The first-order chi connectivity index (χ1) is 6.53. The highest BCUT2D eigenvalue weighted by Gasteiger charge is 2.49. The van der Waals surface area contributed by atoms with Gasteiger partial charge in [0.15, 0.2) is 4.67 Å². The van der Waals surface area contributed by atoms with Crippen molar-refractivity contribution < 1.29 is 14.3 Å². The number of aryl methyl sites for hydroxylation is 1. The van der Waals surface area contributed by atoms with Gasteiger partial charge >= 0.3 is 5.97 Å². The fourth-order valence-corrected chi connectivity index (χ4v) is 2.40. The van der Waals surface area contributed by atoms with Gasteiger partial charge in [0.1, 0.15) is 5.76 Å². The van der Waals surface area contributed by atoms with Crippen LogP contribution in [-0.2, 0) is 10.2 Å². The minimum atomic E-state index is -0.755. The van der Waals surface area contributed by atoms with Gasteiger partial charge in [-0.05, 0) is 47.3 Å². The Balaban J connectivity index is 2.30. The van der Waals surface area contributed by atoms with E-state index in [0.717, 1.165) is 24.2 Å². The van der Waals surface area contributed by atoms with Crippen molar-refractivity contribution in [2.45, 2.75) is 31.6 Å². The van der Waals surface area contributed by atoms with Gasteiger partial charge in [-0.15, -0.1) is 0 Å². The van der Waals surface area contributed by atoms with Crippen molar-refractivity contribution in [3.8, 4) is 0 Å². The molecule has 1 N–H and O–H groups in total. The smallest absolute Gasteiger partial charge is 0.304 e. The van der Waals surface area contributed by atoms with E-state index in [9.17, 15) is 4.79 Å². The second kappa shape index (κ2) is 3.12. The number of furan rings is 1. The van der Waals surface area contributed by atoms with Crippen LogP contribution in [-0.4, -0.2) is 11.1 Å². The van der Waals surface area contributed by atoms with E-state index in [2.05, 4.69) is 15.9 Å². The van der Waals surface area contributed by atoms with Gasteiger partial charge in [0, 0.05) is 5.41 Å². The first kappa shape index (κ1) is 9.77. The van der Waals surface area contributed by atoms with Crippen molar-refractivity contribution >= 4 is 21.9 Å². The van der Waals surface area contributed by atoms with E-state index in [-0.39, 0.29) is 11.8 Å². The number of aliphatic carboxylic acids is 1. The molecule has 0 unspecified atom stereocenters. The lowest BCUT2D eigenvalue weighted by Gasteiger charge is -2.09. The first-order valence-electron chi connectivity index (χ1n) is 4.52. The van der Waals surface area contributed by atoms with Crippen LogP contribution in [0.5, 0.6) is 0 Å². The number of carboxylic acid groups (broad SMARTS) is 1. The third kappa shape index (κ3) is 1.59. The molecule has 1 fully saturated rings. The summed E-state index contributed by atoms with van der Waals surface area (Å²) >= 11 is 3.26. The molecule has 1 saturated carbocycles. The summed E-state index contributed by atoms with van der Waals surface area (Å²) in [4.78, 5) is 10.7. The lowest BCUT2D eigenvalue weighted by atomic mass is 9.97. The Morgan fingerprint density at radius 2 is 2.36 bits per heavy atom. The van der Waals surface area contributed by atoms with Gasteiger partial charge in [-0.1, -0.05) is 0 Å². The number of hydrogen-bond donors (Lipinski definition) is 1. The van der Waals surface area contributed by atoms with Gasteiger partial charge in [-0.3, -0.25) is 4.79 Å². The number of carboxylic acids is 1. The van der Waals surface area contributed by atoms with Crippen LogP contribution in [0.2, 0.25) is 0 Å². The minimum absolute atomic E-state index is 0.174. The second-order valence-corrected chi connectivity index (χ2v) is 4.70. The van der Waals surface area contributed by atoms with Gasteiger partial charge in [-0.2, -0.15) is 0 Å². The van der Waals surface area contributed by atoms with Crippen LogP contribution < -0.4 is 0 Å². The molecule has 76 valence electrons. The number of halogens is 1. The van der Waals surface area contributed by atoms with Crippen molar-refractivity contribution in [1.82, 2.24) is 0 Å². The van der Waals surface area contributed by atoms with Crippen LogP contribution in [0.3, 0.4) is 0 Å². The average molecular weight is 259 g/mol. The van der Waals surface area contributed by atoms with Crippen LogP contribution in [0.4, 0.5) is 0 Å². The zero-order chi connectivity index (χ0) is 10.3. The maximum Gasteiger partial charge on any atom is 0.304 e. The van der Waals surface area contributed by atoms with Crippen LogP contribution in [0.25, 0.3) is 0 Å². The molecular weight excluding hydrogens is 248 g/mol. The minimum Gasteiger partial charge on any atom is -0.481 e. The van der Waals surface area contributed by atoms with Gasteiger partial charge in [0.2, 0.25) is 0 Å². The van der Waals surface area contributed by atoms with Crippen molar-refractivity contribution in [2.24, 2.45) is 0 Å². The number of carbonyl (C=O) groups is 1. The van der Waals surface area contributed by atoms with Crippen LogP contribution in [0.15, 0.2) is 15.2 Å². The Bertz CT molecular complexity index is 377. The molecule has 14 heavy (non-hydrogen) atoms. The van der Waals surface area contributed by atoms with E-state index in [4.69, 9.17) is 9.52 Å². The molecule has 0 spiro atoms. The zero-order valence-electron chi connectivity index (χ0n) is 7.84. The largest absolute Gasteiger partial charge is 0.481 e. The fraction of sp³-hybridized carbons (Fsp3) is 0.500. The van der Waals surface area contributed by atoms with Gasteiger partial charge in [0.05, 0.1) is 6.42 Å². The maximum absolute atomic E-state index is 10.7. The summed E-state index contributed by atoms with van der Waals surface area (Å²) in [5.74, 6) is 0.0844. The summed E-state index contributed by atoms with van der Waals surface area (Å²) in [6.07, 6.45) is 2.01. The fourth-order valence-electron chi connectivity index (χ4n) is 1.89. The Morgan fingerprint density at radius 1 is 1.71 bits per heavy atom. The highest BCUT2D eigenvalue weighted by Crippen LogP contribution is 2.53. The molecule has 1 aromatic heterocycles. The average Bonchev–Trinajstić information content (AvgIpc) is 2.72. The number of rotatable bonds is 3. The molecule has 0 aliphatic heterocycles. The third-order valence-electron chi connectivity index (χ3n) is 2.71. The molecule has 0 atom stereocenters. The summed E-state index contributed by atoms with van der Waals surface area (Å²) in [5, 5.41) is 8.79. The predicted octanol–water partition coefficient (Wildman–Crippen LogP) is 2.86. The van der Waals surface area contributed by atoms with Crippen LogP contribution in [0, 0.1) is 6.92 Å². The van der Waals surface area contributed by atoms with Crippen molar-refractivity contribution in [1.29, 1.82) is 0 Å². The maximum atomic E-state index is 10.7. The van der Waals surface area contributed by atoms with E-state index in [1.165, 1.54) is 0 Å². The Morgan fingerprint density at radius 3 is 2.71 bits per heavy atom. The molecule has 0 aromatic carbocycles. The second-order valence-electron chi connectivity index (χ2n) is 3.91. The Labute approximate surface area is 90.2 Å². The molecule has 4 heteroatoms. The Kier molecular flexibility index (Phi) is 2.18. The van der Waals surface area contributed by atoms with E-state index in [1.54, 1.807) is 0 Å². The van der Waals surface area contributed by atoms with E-state index in [0.29, 0.717) is 4.67 Å². The summed E-state index contributed by atoms with van der Waals surface area (Å²) in [7, 11) is 0. The summed E-state index contributed by atoms with van der Waals surface area (Å²) in [5.41, 5.74) is 0.817.